The van der Waals surface area contributed by atoms with E-state index in [9.17, 15) is 19.5 Å². The Morgan fingerprint density at radius 3 is 2.30 bits per heavy atom. The molecule has 0 atom stereocenters. The number of hydrogen-bond donors (Lipinski definition) is 1. The lowest BCUT2D eigenvalue weighted by molar-refractivity contribution is -0.124. The molecule has 1 saturated heterocycles. The first kappa shape index (κ1) is 14.2. The first-order valence-corrected chi connectivity index (χ1v) is 6.37. The Bertz CT molecular complexity index is 631. The number of anilines is 1. The molecule has 0 spiro atoms. The molecule has 0 unspecified atom stereocenters. The Labute approximate surface area is 117 Å². The van der Waals surface area contributed by atoms with Crippen molar-refractivity contribution in [3.05, 3.63) is 28.8 Å². The number of benzene rings is 1. The highest BCUT2D eigenvalue weighted by molar-refractivity contribution is 6.22. The monoisotopic (exact) mass is 275 g/mol. The lowest BCUT2D eigenvalue weighted by atomic mass is 9.92. The zero-order chi connectivity index (χ0) is 15.2. The fourth-order valence-electron chi connectivity index (χ4n) is 2.40. The van der Waals surface area contributed by atoms with E-state index in [-0.39, 0.29) is 23.8 Å². The van der Waals surface area contributed by atoms with E-state index in [1.165, 1.54) is 6.07 Å². The topological polar surface area (TPSA) is 74.7 Å². The van der Waals surface area contributed by atoms with E-state index < -0.39 is 11.4 Å². The number of nitrogens with zero attached hydrogens (tertiary/aromatic N) is 1. The van der Waals surface area contributed by atoms with Crippen molar-refractivity contribution in [3.8, 4) is 0 Å². The second-order valence-corrected chi connectivity index (χ2v) is 5.84. The lowest BCUT2D eigenvalue weighted by Gasteiger charge is -2.19. The summed E-state index contributed by atoms with van der Waals surface area (Å²) in [5.41, 5.74) is 1.10. The second kappa shape index (κ2) is 4.44. The van der Waals surface area contributed by atoms with Crippen molar-refractivity contribution in [1.82, 2.24) is 0 Å². The van der Waals surface area contributed by atoms with E-state index in [1.807, 2.05) is 0 Å². The number of carboxylic acids is 1. The van der Waals surface area contributed by atoms with E-state index in [1.54, 1.807) is 33.8 Å². The molecule has 0 aromatic heterocycles. The van der Waals surface area contributed by atoms with Crippen LogP contribution in [0.5, 0.6) is 0 Å². The van der Waals surface area contributed by atoms with E-state index >= 15 is 0 Å². The van der Waals surface area contributed by atoms with Gasteiger partial charge in [0.25, 0.3) is 0 Å². The molecule has 1 fully saturated rings. The van der Waals surface area contributed by atoms with Gasteiger partial charge in [-0.2, -0.15) is 0 Å². The van der Waals surface area contributed by atoms with E-state index in [4.69, 9.17) is 0 Å². The van der Waals surface area contributed by atoms with Crippen LogP contribution in [0.4, 0.5) is 5.69 Å². The molecule has 0 aliphatic carbocycles. The highest BCUT2D eigenvalue weighted by Gasteiger charge is 2.45. The minimum Gasteiger partial charge on any atom is -0.478 e. The molecule has 1 aromatic rings. The number of aromatic carboxylic acids is 1. The molecule has 0 radical (unpaired) electrons. The van der Waals surface area contributed by atoms with Gasteiger partial charge in [-0.1, -0.05) is 13.8 Å². The SMILES string of the molecule is Cc1cc(N2C(=O)CC(C)(C)C2=O)cc(C(=O)O)c1C. The Hall–Kier alpha value is -2.17. The number of amides is 2. The molecule has 20 heavy (non-hydrogen) atoms. The van der Waals surface area contributed by atoms with Gasteiger partial charge in [-0.05, 0) is 37.1 Å². The summed E-state index contributed by atoms with van der Waals surface area (Å²) in [6.07, 6.45) is 0.140. The first-order valence-electron chi connectivity index (χ1n) is 6.37. The lowest BCUT2D eigenvalue weighted by Crippen LogP contribution is -2.33. The molecule has 1 aromatic carbocycles. The molecule has 1 aliphatic rings. The standard InChI is InChI=1S/C15H17NO4/c1-8-5-10(6-11(9(8)2)13(18)19)16-12(17)7-15(3,4)14(16)20/h5-6H,7H2,1-4H3,(H,18,19). The molecule has 1 heterocycles. The van der Waals surface area contributed by atoms with Crippen LogP contribution in [0.2, 0.25) is 0 Å². The molecule has 2 amide bonds. The fraction of sp³-hybridized carbons (Fsp3) is 0.400. The quantitative estimate of drug-likeness (QED) is 0.840. The van der Waals surface area contributed by atoms with Crippen LogP contribution in [-0.4, -0.2) is 22.9 Å². The normalized spacial score (nSPS) is 17.7. The zero-order valence-corrected chi connectivity index (χ0v) is 12.0. The maximum absolute atomic E-state index is 12.3. The summed E-state index contributed by atoms with van der Waals surface area (Å²) in [7, 11) is 0. The summed E-state index contributed by atoms with van der Waals surface area (Å²) < 4.78 is 0. The van der Waals surface area contributed by atoms with Crippen molar-refractivity contribution >= 4 is 23.5 Å². The van der Waals surface area contributed by atoms with Gasteiger partial charge in [0.15, 0.2) is 0 Å². The van der Waals surface area contributed by atoms with Crippen LogP contribution in [0.3, 0.4) is 0 Å². The van der Waals surface area contributed by atoms with Crippen LogP contribution in [0.1, 0.15) is 41.8 Å². The predicted octanol–water partition coefficient (Wildman–Crippen LogP) is 2.29. The van der Waals surface area contributed by atoms with Crippen molar-refractivity contribution in [3.63, 3.8) is 0 Å². The van der Waals surface area contributed by atoms with E-state index in [0.717, 1.165) is 10.5 Å². The van der Waals surface area contributed by atoms with Crippen LogP contribution in [0, 0.1) is 19.3 Å². The third-order valence-electron chi connectivity index (χ3n) is 3.77. The Morgan fingerprint density at radius 1 is 1.25 bits per heavy atom. The van der Waals surface area contributed by atoms with Gasteiger partial charge in [0.1, 0.15) is 0 Å². The molecule has 2 rings (SSSR count). The van der Waals surface area contributed by atoms with E-state index in [0.29, 0.717) is 11.3 Å². The van der Waals surface area contributed by atoms with Gasteiger partial charge in [0.2, 0.25) is 11.8 Å². The molecule has 1 aliphatic heterocycles. The van der Waals surface area contributed by atoms with Crippen LogP contribution in [0.25, 0.3) is 0 Å². The largest absolute Gasteiger partial charge is 0.478 e. The Balaban J connectivity index is 2.57. The molecule has 5 heteroatoms. The van der Waals surface area contributed by atoms with Gasteiger partial charge in [-0.3, -0.25) is 14.5 Å². The smallest absolute Gasteiger partial charge is 0.336 e. The van der Waals surface area contributed by atoms with Gasteiger partial charge >= 0.3 is 5.97 Å². The number of hydrogen-bond acceptors (Lipinski definition) is 3. The third-order valence-corrected chi connectivity index (χ3v) is 3.77. The first-order chi connectivity index (χ1) is 9.15. The average Bonchev–Trinajstić information content (AvgIpc) is 2.51. The predicted molar refractivity (Wildman–Crippen MR) is 73.8 cm³/mol. The highest BCUT2D eigenvalue weighted by atomic mass is 16.4. The second-order valence-electron chi connectivity index (χ2n) is 5.84. The maximum Gasteiger partial charge on any atom is 0.336 e. The summed E-state index contributed by atoms with van der Waals surface area (Å²) in [5, 5.41) is 9.20. The van der Waals surface area contributed by atoms with Gasteiger partial charge in [0, 0.05) is 6.42 Å². The molecule has 0 bridgehead atoms. The van der Waals surface area contributed by atoms with Gasteiger partial charge in [0.05, 0.1) is 16.7 Å². The van der Waals surface area contributed by atoms with Gasteiger partial charge in [-0.15, -0.1) is 0 Å². The average molecular weight is 275 g/mol. The van der Waals surface area contributed by atoms with Crippen molar-refractivity contribution in [1.29, 1.82) is 0 Å². The highest BCUT2D eigenvalue weighted by Crippen LogP contribution is 2.36. The molecular formula is C15H17NO4. The van der Waals surface area contributed by atoms with Crippen LogP contribution < -0.4 is 4.90 Å². The Kier molecular flexibility index (Phi) is 3.16. The zero-order valence-electron chi connectivity index (χ0n) is 12.0. The summed E-state index contributed by atoms with van der Waals surface area (Å²) in [4.78, 5) is 36.6. The maximum atomic E-state index is 12.3. The van der Waals surface area contributed by atoms with Crippen LogP contribution in [0.15, 0.2) is 12.1 Å². The van der Waals surface area contributed by atoms with E-state index in [2.05, 4.69) is 0 Å². The third kappa shape index (κ3) is 2.09. The molecule has 0 saturated carbocycles. The minimum atomic E-state index is -1.06. The molecule has 5 nitrogen and oxygen atoms in total. The summed E-state index contributed by atoms with van der Waals surface area (Å²) in [5.74, 6) is -1.65. The van der Waals surface area contributed by atoms with Crippen molar-refractivity contribution in [2.24, 2.45) is 5.41 Å². The number of imide groups is 1. The molecular weight excluding hydrogens is 258 g/mol. The number of carboxylic acid groups (broad SMARTS) is 1. The molecule has 106 valence electrons. The Morgan fingerprint density at radius 2 is 1.85 bits per heavy atom. The van der Waals surface area contributed by atoms with Crippen molar-refractivity contribution in [2.75, 3.05) is 4.90 Å². The number of carbonyl (C=O) groups excluding carboxylic acids is 2. The van der Waals surface area contributed by atoms with Gasteiger partial charge < -0.3 is 5.11 Å². The molecule has 1 N–H and O–H groups in total. The summed E-state index contributed by atoms with van der Waals surface area (Å²) in [6, 6.07) is 3.07. The van der Waals surface area contributed by atoms with Crippen LogP contribution >= 0.6 is 0 Å². The number of rotatable bonds is 2. The van der Waals surface area contributed by atoms with Crippen molar-refractivity contribution < 1.29 is 19.5 Å². The van der Waals surface area contributed by atoms with Gasteiger partial charge in [-0.25, -0.2) is 4.79 Å². The van der Waals surface area contributed by atoms with Crippen molar-refractivity contribution in [2.45, 2.75) is 34.1 Å². The number of carbonyl (C=O) groups is 3. The minimum absolute atomic E-state index is 0.116. The summed E-state index contributed by atoms with van der Waals surface area (Å²) in [6.45, 7) is 6.90. The number of aryl methyl sites for hydroxylation is 1. The summed E-state index contributed by atoms with van der Waals surface area (Å²) >= 11 is 0. The van der Waals surface area contributed by atoms with Crippen LogP contribution in [-0.2, 0) is 9.59 Å². The fourth-order valence-corrected chi connectivity index (χ4v) is 2.40.